The molecule has 13 heavy (non-hydrogen) atoms. The normalized spacial score (nSPS) is 23.2. The summed E-state index contributed by atoms with van der Waals surface area (Å²) in [4.78, 5) is 1.92. The molecule has 4 heteroatoms. The minimum absolute atomic E-state index is 0.196. The third-order valence-corrected chi connectivity index (χ3v) is 2.42. The molecule has 0 unspecified atom stereocenters. The van der Waals surface area contributed by atoms with Crippen LogP contribution in [-0.4, -0.2) is 37.2 Å². The number of guanidine groups is 1. The number of nitrogens with two attached hydrogens (primary N) is 1. The molecule has 0 aromatic heterocycles. The van der Waals surface area contributed by atoms with Crippen LogP contribution in [0.3, 0.4) is 0 Å². The van der Waals surface area contributed by atoms with Gasteiger partial charge in [-0.3, -0.25) is 5.41 Å². The van der Waals surface area contributed by atoms with Gasteiger partial charge in [0.1, 0.15) is 0 Å². The molecule has 1 aliphatic rings. The summed E-state index contributed by atoms with van der Waals surface area (Å²) >= 11 is 0. The fraction of sp³-hybridized carbons (Fsp3) is 0.889. The lowest BCUT2D eigenvalue weighted by Crippen LogP contribution is -2.44. The summed E-state index contributed by atoms with van der Waals surface area (Å²) in [6, 6.07) is 0. The Kier molecular flexibility index (Phi) is 4.02. The molecule has 1 fully saturated rings. The second kappa shape index (κ2) is 5.07. The Labute approximate surface area is 79.6 Å². The summed E-state index contributed by atoms with van der Waals surface area (Å²) in [5.41, 5.74) is 5.43. The molecule has 1 saturated heterocycles. The third kappa shape index (κ3) is 3.22. The van der Waals surface area contributed by atoms with E-state index in [-0.39, 0.29) is 5.96 Å². The van der Waals surface area contributed by atoms with Gasteiger partial charge in [0, 0.05) is 19.7 Å². The predicted molar refractivity (Wildman–Crippen MR) is 52.7 cm³/mol. The van der Waals surface area contributed by atoms with Gasteiger partial charge >= 0.3 is 0 Å². The lowest BCUT2D eigenvalue weighted by molar-refractivity contribution is 0.0837. The fourth-order valence-electron chi connectivity index (χ4n) is 1.70. The summed E-state index contributed by atoms with van der Waals surface area (Å²) in [5.74, 6) is 0.749. The van der Waals surface area contributed by atoms with Gasteiger partial charge in [0.25, 0.3) is 0 Å². The molecule has 0 aromatic carbocycles. The van der Waals surface area contributed by atoms with Crippen LogP contribution < -0.4 is 5.73 Å². The molecule has 0 radical (unpaired) electrons. The summed E-state index contributed by atoms with van der Waals surface area (Å²) in [6.07, 6.45) is 2.32. The number of hydrogen-bond donors (Lipinski definition) is 2. The Hall–Kier alpha value is -0.770. The third-order valence-electron chi connectivity index (χ3n) is 2.42. The second-order valence-corrected chi connectivity index (χ2v) is 3.50. The number of rotatable bonds is 3. The van der Waals surface area contributed by atoms with Crippen molar-refractivity contribution in [3.8, 4) is 0 Å². The highest BCUT2D eigenvalue weighted by molar-refractivity contribution is 5.74. The Morgan fingerprint density at radius 1 is 1.69 bits per heavy atom. The van der Waals surface area contributed by atoms with Gasteiger partial charge in [-0.25, -0.2) is 0 Å². The summed E-state index contributed by atoms with van der Waals surface area (Å²) in [7, 11) is 0. The van der Waals surface area contributed by atoms with Crippen LogP contribution in [0.1, 0.15) is 19.8 Å². The SMILES string of the molecule is CCOC[C@H]1CCCN(C(=N)N)C1. The first kappa shape index (κ1) is 10.3. The maximum Gasteiger partial charge on any atom is 0.188 e. The van der Waals surface area contributed by atoms with Crippen LogP contribution in [0.4, 0.5) is 0 Å². The molecule has 0 saturated carbocycles. The first-order valence-corrected chi connectivity index (χ1v) is 4.90. The Morgan fingerprint density at radius 2 is 2.46 bits per heavy atom. The van der Waals surface area contributed by atoms with Crippen LogP contribution in [0.15, 0.2) is 0 Å². The number of ether oxygens (including phenoxy) is 1. The topological polar surface area (TPSA) is 62.3 Å². The number of nitrogens with one attached hydrogen (secondary N) is 1. The van der Waals surface area contributed by atoms with Crippen molar-refractivity contribution in [2.24, 2.45) is 11.7 Å². The van der Waals surface area contributed by atoms with Crippen LogP contribution in [0, 0.1) is 11.3 Å². The average molecular weight is 185 g/mol. The lowest BCUT2D eigenvalue weighted by Gasteiger charge is -2.32. The molecule has 1 atom stereocenters. The van der Waals surface area contributed by atoms with Crippen LogP contribution in [0.2, 0.25) is 0 Å². The van der Waals surface area contributed by atoms with Crippen molar-refractivity contribution in [1.29, 1.82) is 5.41 Å². The van der Waals surface area contributed by atoms with Gasteiger partial charge in [0.05, 0.1) is 6.61 Å². The molecule has 4 nitrogen and oxygen atoms in total. The summed E-state index contributed by atoms with van der Waals surface area (Å²) in [5, 5.41) is 7.32. The first-order chi connectivity index (χ1) is 6.24. The number of piperidine rings is 1. The van der Waals surface area contributed by atoms with E-state index >= 15 is 0 Å². The van der Waals surface area contributed by atoms with Crippen molar-refractivity contribution in [3.63, 3.8) is 0 Å². The van der Waals surface area contributed by atoms with Crippen molar-refractivity contribution >= 4 is 5.96 Å². The molecule has 1 rings (SSSR count). The maximum atomic E-state index is 7.32. The van der Waals surface area contributed by atoms with Gasteiger partial charge in [-0.15, -0.1) is 0 Å². The van der Waals surface area contributed by atoms with E-state index in [0.29, 0.717) is 5.92 Å². The highest BCUT2D eigenvalue weighted by Gasteiger charge is 2.20. The smallest absolute Gasteiger partial charge is 0.188 e. The van der Waals surface area contributed by atoms with Gasteiger partial charge in [-0.05, 0) is 25.7 Å². The van der Waals surface area contributed by atoms with E-state index in [0.717, 1.165) is 32.7 Å². The minimum Gasteiger partial charge on any atom is -0.381 e. The van der Waals surface area contributed by atoms with E-state index in [1.165, 1.54) is 6.42 Å². The highest BCUT2D eigenvalue weighted by Crippen LogP contribution is 2.15. The molecule has 76 valence electrons. The largest absolute Gasteiger partial charge is 0.381 e. The zero-order valence-corrected chi connectivity index (χ0v) is 8.25. The van der Waals surface area contributed by atoms with Crippen LogP contribution in [0.25, 0.3) is 0 Å². The van der Waals surface area contributed by atoms with E-state index in [1.807, 2.05) is 11.8 Å². The summed E-state index contributed by atoms with van der Waals surface area (Å²) < 4.78 is 5.36. The Bertz CT molecular complexity index is 172. The Morgan fingerprint density at radius 3 is 3.08 bits per heavy atom. The molecule has 0 aromatic rings. The quantitative estimate of drug-likeness (QED) is 0.500. The van der Waals surface area contributed by atoms with Crippen molar-refractivity contribution in [3.05, 3.63) is 0 Å². The van der Waals surface area contributed by atoms with Crippen LogP contribution >= 0.6 is 0 Å². The average Bonchev–Trinajstić information content (AvgIpc) is 2.15. The van der Waals surface area contributed by atoms with Gasteiger partial charge in [-0.2, -0.15) is 0 Å². The van der Waals surface area contributed by atoms with Crippen molar-refractivity contribution in [1.82, 2.24) is 4.90 Å². The van der Waals surface area contributed by atoms with Gasteiger partial charge < -0.3 is 15.4 Å². The zero-order valence-electron chi connectivity index (χ0n) is 8.25. The minimum atomic E-state index is 0.196. The van der Waals surface area contributed by atoms with E-state index in [2.05, 4.69) is 0 Å². The zero-order chi connectivity index (χ0) is 9.68. The van der Waals surface area contributed by atoms with Crippen molar-refractivity contribution in [2.45, 2.75) is 19.8 Å². The van der Waals surface area contributed by atoms with E-state index in [4.69, 9.17) is 15.9 Å². The maximum absolute atomic E-state index is 7.32. The molecular weight excluding hydrogens is 166 g/mol. The number of nitrogens with zero attached hydrogens (tertiary/aromatic N) is 1. The highest BCUT2D eigenvalue weighted by atomic mass is 16.5. The second-order valence-electron chi connectivity index (χ2n) is 3.50. The van der Waals surface area contributed by atoms with Crippen LogP contribution in [-0.2, 0) is 4.74 Å². The summed E-state index contributed by atoms with van der Waals surface area (Å²) in [6.45, 7) is 5.40. The molecule has 3 N–H and O–H groups in total. The molecule has 0 bridgehead atoms. The Balaban J connectivity index is 2.29. The van der Waals surface area contributed by atoms with Crippen molar-refractivity contribution in [2.75, 3.05) is 26.3 Å². The fourth-order valence-corrected chi connectivity index (χ4v) is 1.70. The predicted octanol–water partition coefficient (Wildman–Crippen LogP) is 0.628. The molecule has 0 aliphatic carbocycles. The van der Waals surface area contributed by atoms with Gasteiger partial charge in [-0.1, -0.05) is 0 Å². The molecule has 1 aliphatic heterocycles. The van der Waals surface area contributed by atoms with E-state index < -0.39 is 0 Å². The standard InChI is InChI=1S/C9H19N3O/c1-2-13-7-8-4-3-5-12(6-8)9(10)11/h8H,2-7H2,1H3,(H3,10,11)/t8-/m0/s1. The monoisotopic (exact) mass is 185 g/mol. The van der Waals surface area contributed by atoms with Crippen LogP contribution in [0.5, 0.6) is 0 Å². The molecular formula is C9H19N3O. The number of hydrogen-bond acceptors (Lipinski definition) is 2. The molecule has 0 spiro atoms. The van der Waals surface area contributed by atoms with E-state index in [1.54, 1.807) is 0 Å². The molecule has 1 heterocycles. The van der Waals surface area contributed by atoms with Gasteiger partial charge in [0.15, 0.2) is 5.96 Å². The first-order valence-electron chi connectivity index (χ1n) is 4.90. The van der Waals surface area contributed by atoms with Crippen molar-refractivity contribution < 1.29 is 4.74 Å². The number of likely N-dealkylation sites (tertiary alicyclic amines) is 1. The van der Waals surface area contributed by atoms with E-state index in [9.17, 15) is 0 Å². The van der Waals surface area contributed by atoms with Gasteiger partial charge in [0.2, 0.25) is 0 Å². The lowest BCUT2D eigenvalue weighted by atomic mass is 9.99. The molecule has 0 amide bonds.